The van der Waals surface area contributed by atoms with Crippen LogP contribution in [0.4, 0.5) is 0 Å². The van der Waals surface area contributed by atoms with Crippen LogP contribution in [0.1, 0.15) is 32.2 Å². The molecule has 0 spiro atoms. The first-order chi connectivity index (χ1) is 8.69. The van der Waals surface area contributed by atoms with Crippen molar-refractivity contribution in [3.63, 3.8) is 0 Å². The average molecular weight is 268 g/mol. The van der Waals surface area contributed by atoms with Crippen molar-refractivity contribution in [3.05, 3.63) is 27.7 Å². The molecule has 0 aliphatic carbocycles. The molecule has 5 nitrogen and oxygen atoms in total. The van der Waals surface area contributed by atoms with Gasteiger partial charge in [0.05, 0.1) is 5.69 Å². The molecule has 0 aliphatic rings. The van der Waals surface area contributed by atoms with Crippen LogP contribution < -0.4 is 15.5 Å². The maximum atomic E-state index is 11.7. The molecule has 0 saturated heterocycles. The predicted molar refractivity (Wildman–Crippen MR) is 75.8 cm³/mol. The van der Waals surface area contributed by atoms with Crippen LogP contribution >= 0.6 is 0 Å². The summed E-state index contributed by atoms with van der Waals surface area (Å²) in [6, 6.07) is 1.49. The molecular formula is C14H24N2O3. The second kappa shape index (κ2) is 6.21. The summed E-state index contributed by atoms with van der Waals surface area (Å²) in [5, 5.41) is 13.0. The number of hydrogen-bond donors (Lipinski definition) is 3. The fourth-order valence-electron chi connectivity index (χ4n) is 1.68. The van der Waals surface area contributed by atoms with Gasteiger partial charge in [-0.05, 0) is 34.6 Å². The van der Waals surface area contributed by atoms with Crippen LogP contribution in [0.25, 0.3) is 0 Å². The Morgan fingerprint density at radius 3 is 2.58 bits per heavy atom. The molecule has 1 aromatic rings. The first-order valence-electron chi connectivity index (χ1n) is 6.45. The summed E-state index contributed by atoms with van der Waals surface area (Å²) < 4.78 is 5.42. The summed E-state index contributed by atoms with van der Waals surface area (Å²) in [6.07, 6.45) is -0.653. The molecule has 0 fully saturated rings. The highest BCUT2D eigenvalue weighted by atomic mass is 16.5. The van der Waals surface area contributed by atoms with Gasteiger partial charge in [-0.1, -0.05) is 0 Å². The average Bonchev–Trinajstić information content (AvgIpc) is 2.23. The van der Waals surface area contributed by atoms with Crippen molar-refractivity contribution >= 4 is 0 Å². The van der Waals surface area contributed by atoms with E-state index in [1.807, 2.05) is 27.7 Å². The summed E-state index contributed by atoms with van der Waals surface area (Å²) in [5.74, 6) is 0.278. The Morgan fingerprint density at radius 2 is 2.05 bits per heavy atom. The van der Waals surface area contributed by atoms with E-state index in [-0.39, 0.29) is 23.3 Å². The number of aliphatic hydroxyl groups excluding tert-OH is 1. The molecule has 19 heavy (non-hydrogen) atoms. The van der Waals surface area contributed by atoms with Crippen LogP contribution in [-0.2, 0) is 0 Å². The minimum atomic E-state index is -0.653. The molecule has 1 heterocycles. The fourth-order valence-corrected chi connectivity index (χ4v) is 1.68. The number of rotatable bonds is 5. The third kappa shape index (κ3) is 5.44. The minimum Gasteiger partial charge on any atom is -0.485 e. The maximum absolute atomic E-state index is 11.7. The van der Waals surface area contributed by atoms with Crippen LogP contribution in [0.2, 0.25) is 0 Å². The predicted octanol–water partition coefficient (Wildman–Crippen LogP) is 1.12. The normalized spacial score (nSPS) is 13.4. The van der Waals surface area contributed by atoms with E-state index in [1.165, 1.54) is 6.07 Å². The Morgan fingerprint density at radius 1 is 1.42 bits per heavy atom. The van der Waals surface area contributed by atoms with Crippen LogP contribution in [0.3, 0.4) is 0 Å². The molecule has 0 saturated carbocycles. The molecule has 0 bridgehead atoms. The van der Waals surface area contributed by atoms with Gasteiger partial charge < -0.3 is 20.1 Å². The zero-order valence-corrected chi connectivity index (χ0v) is 12.3. The minimum absolute atomic E-state index is 0.0573. The van der Waals surface area contributed by atoms with Crippen molar-refractivity contribution < 1.29 is 9.84 Å². The van der Waals surface area contributed by atoms with Gasteiger partial charge in [0.1, 0.15) is 12.7 Å². The molecule has 1 rings (SSSR count). The zero-order valence-electron chi connectivity index (χ0n) is 12.3. The van der Waals surface area contributed by atoms with E-state index in [4.69, 9.17) is 4.74 Å². The van der Waals surface area contributed by atoms with Gasteiger partial charge in [0, 0.05) is 23.8 Å². The van der Waals surface area contributed by atoms with Crippen molar-refractivity contribution in [2.75, 3.05) is 13.2 Å². The highest BCUT2D eigenvalue weighted by Gasteiger charge is 2.14. The molecule has 0 aliphatic heterocycles. The van der Waals surface area contributed by atoms with Crippen molar-refractivity contribution in [2.45, 2.75) is 46.3 Å². The summed E-state index contributed by atoms with van der Waals surface area (Å²) in [6.45, 7) is 10.2. The van der Waals surface area contributed by atoms with Crippen LogP contribution in [0.5, 0.6) is 5.75 Å². The Kier molecular flexibility index (Phi) is 5.14. The second-order valence-electron chi connectivity index (χ2n) is 5.87. The van der Waals surface area contributed by atoms with Crippen LogP contribution in [0, 0.1) is 13.8 Å². The van der Waals surface area contributed by atoms with Crippen molar-refractivity contribution in [3.8, 4) is 5.75 Å². The first kappa shape index (κ1) is 15.7. The third-order valence-electron chi connectivity index (χ3n) is 2.58. The van der Waals surface area contributed by atoms with Gasteiger partial charge in [0.2, 0.25) is 5.43 Å². The molecule has 3 N–H and O–H groups in total. The summed E-state index contributed by atoms with van der Waals surface area (Å²) in [5.41, 5.74) is 1.26. The SMILES string of the molecule is Cc1cc(=O)c(OCC(O)CNC(C)(C)C)c(C)[nH]1. The second-order valence-corrected chi connectivity index (χ2v) is 5.87. The van der Waals surface area contributed by atoms with E-state index in [1.54, 1.807) is 6.92 Å². The Labute approximate surface area is 114 Å². The Bertz CT molecular complexity index is 475. The Hall–Kier alpha value is -1.33. The monoisotopic (exact) mass is 268 g/mol. The van der Waals surface area contributed by atoms with E-state index in [0.29, 0.717) is 12.2 Å². The molecule has 1 atom stereocenters. The number of hydrogen-bond acceptors (Lipinski definition) is 4. The smallest absolute Gasteiger partial charge is 0.223 e. The number of aromatic nitrogens is 1. The highest BCUT2D eigenvalue weighted by Crippen LogP contribution is 2.10. The summed E-state index contributed by atoms with van der Waals surface area (Å²) >= 11 is 0. The van der Waals surface area contributed by atoms with Gasteiger partial charge in [-0.15, -0.1) is 0 Å². The maximum Gasteiger partial charge on any atom is 0.223 e. The number of nitrogens with one attached hydrogen (secondary N) is 2. The van der Waals surface area contributed by atoms with Crippen LogP contribution in [-0.4, -0.2) is 34.9 Å². The van der Waals surface area contributed by atoms with E-state index in [0.717, 1.165) is 5.69 Å². The van der Waals surface area contributed by atoms with Gasteiger partial charge in [0.15, 0.2) is 5.75 Å². The topological polar surface area (TPSA) is 74.3 Å². The van der Waals surface area contributed by atoms with Gasteiger partial charge in [-0.3, -0.25) is 4.79 Å². The molecule has 0 amide bonds. The number of pyridine rings is 1. The van der Waals surface area contributed by atoms with E-state index >= 15 is 0 Å². The number of aryl methyl sites for hydroxylation is 2. The van der Waals surface area contributed by atoms with E-state index in [2.05, 4.69) is 10.3 Å². The molecule has 108 valence electrons. The molecule has 5 heteroatoms. The van der Waals surface area contributed by atoms with E-state index in [9.17, 15) is 9.90 Å². The lowest BCUT2D eigenvalue weighted by atomic mass is 10.1. The van der Waals surface area contributed by atoms with Gasteiger partial charge in [-0.2, -0.15) is 0 Å². The molecule has 1 unspecified atom stereocenters. The van der Waals surface area contributed by atoms with E-state index < -0.39 is 6.10 Å². The standard InChI is InChI=1S/C14H24N2O3/c1-9-6-12(18)13(10(2)16-9)19-8-11(17)7-15-14(3,4)5/h6,11,15,17H,7-8H2,1-5H3,(H,16,18). The lowest BCUT2D eigenvalue weighted by Gasteiger charge is -2.23. The number of aliphatic hydroxyl groups is 1. The third-order valence-corrected chi connectivity index (χ3v) is 2.58. The molecule has 0 aromatic carbocycles. The fraction of sp³-hybridized carbons (Fsp3) is 0.643. The molecule has 0 radical (unpaired) electrons. The van der Waals surface area contributed by atoms with Crippen molar-refractivity contribution in [1.82, 2.24) is 10.3 Å². The number of H-pyrrole nitrogens is 1. The van der Waals surface area contributed by atoms with Gasteiger partial charge in [0.25, 0.3) is 0 Å². The van der Waals surface area contributed by atoms with Crippen molar-refractivity contribution in [1.29, 1.82) is 0 Å². The van der Waals surface area contributed by atoms with Gasteiger partial charge >= 0.3 is 0 Å². The lowest BCUT2D eigenvalue weighted by molar-refractivity contribution is 0.0989. The van der Waals surface area contributed by atoms with Crippen molar-refractivity contribution in [2.24, 2.45) is 0 Å². The lowest BCUT2D eigenvalue weighted by Crippen LogP contribution is -2.42. The summed E-state index contributed by atoms with van der Waals surface area (Å²) in [7, 11) is 0. The summed E-state index contributed by atoms with van der Waals surface area (Å²) in [4.78, 5) is 14.8. The molecule has 1 aromatic heterocycles. The highest BCUT2D eigenvalue weighted by molar-refractivity contribution is 5.28. The largest absolute Gasteiger partial charge is 0.485 e. The number of ether oxygens (including phenoxy) is 1. The first-order valence-corrected chi connectivity index (χ1v) is 6.45. The Balaban J connectivity index is 2.56. The molecular weight excluding hydrogens is 244 g/mol. The number of β-amino-alcohol motifs (C(OH)–C–C–N with tert-alkyl or cyclic N) is 1. The van der Waals surface area contributed by atoms with Crippen LogP contribution in [0.15, 0.2) is 10.9 Å². The van der Waals surface area contributed by atoms with Gasteiger partial charge in [-0.25, -0.2) is 0 Å². The quantitative estimate of drug-likeness (QED) is 0.748. The number of aromatic amines is 1. The zero-order chi connectivity index (χ0) is 14.6.